The van der Waals surface area contributed by atoms with Crippen molar-refractivity contribution in [2.75, 3.05) is 44.7 Å². The van der Waals surface area contributed by atoms with Gasteiger partial charge in [0.05, 0.1) is 6.54 Å². The molecular formula is C22H32IN5OS. The summed E-state index contributed by atoms with van der Waals surface area (Å²) in [6, 6.07) is 14.7. The van der Waals surface area contributed by atoms with E-state index in [2.05, 4.69) is 63.8 Å². The number of guanidine groups is 1. The molecule has 0 atom stereocenters. The van der Waals surface area contributed by atoms with Gasteiger partial charge >= 0.3 is 0 Å². The summed E-state index contributed by atoms with van der Waals surface area (Å²) < 4.78 is 0. The van der Waals surface area contributed by atoms with E-state index < -0.39 is 0 Å². The summed E-state index contributed by atoms with van der Waals surface area (Å²) in [4.78, 5) is 23.8. The first-order valence-electron chi connectivity index (χ1n) is 10.3. The van der Waals surface area contributed by atoms with E-state index in [9.17, 15) is 4.79 Å². The van der Waals surface area contributed by atoms with Crippen LogP contribution in [0.25, 0.3) is 0 Å². The van der Waals surface area contributed by atoms with Gasteiger partial charge in [-0.3, -0.25) is 9.79 Å². The van der Waals surface area contributed by atoms with E-state index in [0.717, 1.165) is 45.1 Å². The molecule has 2 N–H and O–H groups in total. The molecule has 0 aliphatic carbocycles. The maximum absolute atomic E-state index is 12.5. The van der Waals surface area contributed by atoms with Gasteiger partial charge in [-0.1, -0.05) is 25.1 Å². The molecule has 6 nitrogen and oxygen atoms in total. The Kier molecular flexibility index (Phi) is 10.4. The molecule has 1 aromatic carbocycles. The largest absolute Gasteiger partial charge is 0.368 e. The zero-order chi connectivity index (χ0) is 20.5. The number of anilines is 1. The minimum absolute atomic E-state index is 0. The number of thiophene rings is 1. The Balaban J connectivity index is 0.00000320. The lowest BCUT2D eigenvalue weighted by atomic mass is 10.2. The van der Waals surface area contributed by atoms with E-state index in [1.165, 1.54) is 15.4 Å². The number of rotatable bonds is 7. The van der Waals surface area contributed by atoms with Crippen molar-refractivity contribution in [3.05, 3.63) is 52.2 Å². The molecule has 30 heavy (non-hydrogen) atoms. The predicted octanol–water partition coefficient (Wildman–Crippen LogP) is 3.33. The van der Waals surface area contributed by atoms with Gasteiger partial charge in [0.2, 0.25) is 5.91 Å². The molecule has 1 saturated heterocycles. The lowest BCUT2D eigenvalue weighted by Gasteiger charge is -2.36. The third-order valence-corrected chi connectivity index (χ3v) is 6.33. The highest BCUT2D eigenvalue weighted by Crippen LogP contribution is 2.17. The Labute approximate surface area is 200 Å². The second-order valence-electron chi connectivity index (χ2n) is 7.03. The lowest BCUT2D eigenvalue weighted by Crippen LogP contribution is -2.49. The molecule has 1 aliphatic rings. The van der Waals surface area contributed by atoms with Crippen LogP contribution in [0.15, 0.2) is 47.5 Å². The van der Waals surface area contributed by atoms with Crippen molar-refractivity contribution in [2.24, 2.45) is 4.99 Å². The summed E-state index contributed by atoms with van der Waals surface area (Å²) in [5.41, 5.74) is 1.23. The van der Waals surface area contributed by atoms with Gasteiger partial charge in [0.15, 0.2) is 5.96 Å². The predicted molar refractivity (Wildman–Crippen MR) is 137 cm³/mol. The van der Waals surface area contributed by atoms with E-state index >= 15 is 0 Å². The Bertz CT molecular complexity index is 803. The molecule has 1 amide bonds. The van der Waals surface area contributed by atoms with Gasteiger partial charge in [0.1, 0.15) is 0 Å². The number of carbonyl (C=O) groups is 1. The van der Waals surface area contributed by atoms with Gasteiger partial charge in [-0.15, -0.1) is 35.3 Å². The highest BCUT2D eigenvalue weighted by atomic mass is 127. The Morgan fingerprint density at radius 1 is 1.03 bits per heavy atom. The summed E-state index contributed by atoms with van der Waals surface area (Å²) in [5, 5.41) is 6.57. The smallest absolute Gasteiger partial charge is 0.224 e. The van der Waals surface area contributed by atoms with Crippen LogP contribution < -0.4 is 15.5 Å². The van der Waals surface area contributed by atoms with E-state index in [1.54, 1.807) is 7.05 Å². The average molecular weight is 542 g/mol. The number of hydrogen-bond donors (Lipinski definition) is 2. The SMILES string of the molecule is CCc1ccc(CNC(=NC)NCCC(=O)N2CCN(c3ccccc3)CC2)s1.I. The lowest BCUT2D eigenvalue weighted by molar-refractivity contribution is -0.131. The topological polar surface area (TPSA) is 60.0 Å². The van der Waals surface area contributed by atoms with Gasteiger partial charge in [-0.25, -0.2) is 0 Å². The van der Waals surface area contributed by atoms with Gasteiger partial charge in [-0.2, -0.15) is 0 Å². The molecule has 164 valence electrons. The monoisotopic (exact) mass is 541 g/mol. The first-order chi connectivity index (χ1) is 14.2. The molecule has 1 aromatic heterocycles. The van der Waals surface area contributed by atoms with E-state index in [1.807, 2.05) is 22.3 Å². The van der Waals surface area contributed by atoms with Crippen LogP contribution in [0, 0.1) is 0 Å². The van der Waals surface area contributed by atoms with Crippen LogP contribution >= 0.6 is 35.3 Å². The number of para-hydroxylation sites is 1. The van der Waals surface area contributed by atoms with Crippen molar-refractivity contribution >= 4 is 52.9 Å². The zero-order valence-electron chi connectivity index (χ0n) is 17.8. The minimum atomic E-state index is 0. The summed E-state index contributed by atoms with van der Waals surface area (Å²) in [6.45, 7) is 6.82. The molecule has 1 aliphatic heterocycles. The third-order valence-electron chi connectivity index (χ3n) is 5.10. The highest BCUT2D eigenvalue weighted by molar-refractivity contribution is 14.0. The Morgan fingerprint density at radius 3 is 2.37 bits per heavy atom. The summed E-state index contributed by atoms with van der Waals surface area (Å²) >= 11 is 1.82. The van der Waals surface area contributed by atoms with Crippen LogP contribution in [0.1, 0.15) is 23.1 Å². The number of amides is 1. The number of aryl methyl sites for hydroxylation is 1. The van der Waals surface area contributed by atoms with Crippen LogP contribution in [-0.2, 0) is 17.8 Å². The molecular weight excluding hydrogens is 509 g/mol. The fourth-order valence-electron chi connectivity index (χ4n) is 3.40. The van der Waals surface area contributed by atoms with Gasteiger partial charge in [0, 0.05) is 61.6 Å². The van der Waals surface area contributed by atoms with Gasteiger partial charge < -0.3 is 20.4 Å². The van der Waals surface area contributed by atoms with Crippen molar-refractivity contribution in [1.82, 2.24) is 15.5 Å². The highest BCUT2D eigenvalue weighted by Gasteiger charge is 2.20. The number of nitrogens with zero attached hydrogens (tertiary/aromatic N) is 3. The molecule has 2 aromatic rings. The second kappa shape index (κ2) is 12.8. The third kappa shape index (κ3) is 7.16. The number of carbonyl (C=O) groups excluding carboxylic acids is 1. The van der Waals surface area contributed by atoms with Crippen molar-refractivity contribution in [3.63, 3.8) is 0 Å². The molecule has 0 spiro atoms. The van der Waals surface area contributed by atoms with Crippen LogP contribution in [0.2, 0.25) is 0 Å². The number of nitrogens with one attached hydrogen (secondary N) is 2. The number of benzene rings is 1. The standard InChI is InChI=1S/C22H31N5OS.HI/c1-3-19-9-10-20(29-19)17-25-22(23-2)24-12-11-21(28)27-15-13-26(14-16-27)18-7-5-4-6-8-18;/h4-10H,3,11-17H2,1-2H3,(H2,23,24,25);1H. The van der Waals surface area contributed by atoms with Gasteiger partial charge in [0.25, 0.3) is 0 Å². The van der Waals surface area contributed by atoms with E-state index in [4.69, 9.17) is 0 Å². The molecule has 1 fully saturated rings. The Morgan fingerprint density at radius 2 is 1.73 bits per heavy atom. The van der Waals surface area contributed by atoms with Crippen LogP contribution in [0.3, 0.4) is 0 Å². The van der Waals surface area contributed by atoms with Crippen molar-refractivity contribution < 1.29 is 4.79 Å². The van der Waals surface area contributed by atoms with Crippen molar-refractivity contribution in [1.29, 1.82) is 0 Å². The molecule has 0 bridgehead atoms. The van der Waals surface area contributed by atoms with Crippen LogP contribution in [-0.4, -0.2) is 56.5 Å². The second-order valence-corrected chi connectivity index (χ2v) is 8.28. The van der Waals surface area contributed by atoms with E-state index in [0.29, 0.717) is 13.0 Å². The first kappa shape index (κ1) is 24.5. The van der Waals surface area contributed by atoms with E-state index in [-0.39, 0.29) is 29.9 Å². The average Bonchev–Trinajstić information content (AvgIpc) is 3.25. The fraction of sp³-hybridized carbons (Fsp3) is 0.455. The molecule has 2 heterocycles. The number of piperazine rings is 1. The maximum Gasteiger partial charge on any atom is 0.224 e. The quantitative estimate of drug-likeness (QED) is 0.321. The fourth-order valence-corrected chi connectivity index (χ4v) is 4.30. The normalized spacial score (nSPS) is 14.3. The zero-order valence-corrected chi connectivity index (χ0v) is 20.9. The first-order valence-corrected chi connectivity index (χ1v) is 11.1. The summed E-state index contributed by atoms with van der Waals surface area (Å²) in [6.07, 6.45) is 1.55. The molecule has 8 heteroatoms. The minimum Gasteiger partial charge on any atom is -0.368 e. The number of hydrogen-bond acceptors (Lipinski definition) is 4. The van der Waals surface area contributed by atoms with Crippen molar-refractivity contribution in [2.45, 2.75) is 26.3 Å². The number of aliphatic imine (C=N–C) groups is 1. The van der Waals surface area contributed by atoms with Crippen molar-refractivity contribution in [3.8, 4) is 0 Å². The molecule has 0 saturated carbocycles. The van der Waals surface area contributed by atoms with Crippen LogP contribution in [0.5, 0.6) is 0 Å². The molecule has 0 unspecified atom stereocenters. The molecule has 3 rings (SSSR count). The summed E-state index contributed by atoms with van der Waals surface area (Å²) in [7, 11) is 1.76. The molecule has 0 radical (unpaired) electrons. The maximum atomic E-state index is 12.5. The Hall–Kier alpha value is -1.81. The summed E-state index contributed by atoms with van der Waals surface area (Å²) in [5.74, 6) is 0.935. The van der Waals surface area contributed by atoms with Crippen LogP contribution in [0.4, 0.5) is 5.69 Å². The number of halogens is 1. The van der Waals surface area contributed by atoms with Gasteiger partial charge in [-0.05, 0) is 30.7 Å².